The molecule has 0 saturated heterocycles. The number of aromatic nitrogens is 2. The molecule has 2 heterocycles. The maximum absolute atomic E-state index is 13.1. The zero-order valence-corrected chi connectivity index (χ0v) is 13.0. The maximum Gasteiger partial charge on any atom is 0.194 e. The number of rotatable bonds is 5. The number of fused-ring (bicyclic) bond motifs is 1. The molecule has 0 spiro atoms. The van der Waals surface area contributed by atoms with E-state index < -0.39 is 0 Å². The van der Waals surface area contributed by atoms with Gasteiger partial charge in [-0.1, -0.05) is 12.1 Å². The lowest BCUT2D eigenvalue weighted by atomic mass is 10.1. The van der Waals surface area contributed by atoms with Crippen LogP contribution in [0.2, 0.25) is 0 Å². The van der Waals surface area contributed by atoms with Crippen molar-refractivity contribution in [2.24, 2.45) is 0 Å². The number of nitrogens with zero attached hydrogens (tertiary/aromatic N) is 2. The van der Waals surface area contributed by atoms with E-state index in [4.69, 9.17) is 0 Å². The topological polar surface area (TPSA) is 29.3 Å². The number of aryl methyl sites for hydroxylation is 2. The predicted molar refractivity (Wildman–Crippen MR) is 84.4 cm³/mol. The lowest BCUT2D eigenvalue weighted by Crippen LogP contribution is -2.18. The highest BCUT2D eigenvalue weighted by Gasteiger charge is 2.10. The second-order valence-corrected chi connectivity index (χ2v) is 6.41. The van der Waals surface area contributed by atoms with E-state index in [1.165, 1.54) is 16.6 Å². The van der Waals surface area contributed by atoms with Gasteiger partial charge in [-0.15, -0.1) is 11.3 Å². The number of nitrogens with one attached hydrogen (secondary N) is 1. The van der Waals surface area contributed by atoms with Crippen LogP contribution in [0.25, 0.3) is 4.96 Å². The molecule has 0 saturated carbocycles. The van der Waals surface area contributed by atoms with Crippen molar-refractivity contribution in [2.45, 2.75) is 26.8 Å². The molecule has 0 aliphatic carbocycles. The first-order valence-electron chi connectivity index (χ1n) is 7.02. The number of benzene rings is 1. The van der Waals surface area contributed by atoms with Gasteiger partial charge in [-0.2, -0.15) is 0 Å². The van der Waals surface area contributed by atoms with Crippen molar-refractivity contribution in [1.29, 1.82) is 0 Å². The van der Waals surface area contributed by atoms with Gasteiger partial charge >= 0.3 is 0 Å². The molecular weight excluding hydrogens is 285 g/mol. The van der Waals surface area contributed by atoms with Crippen LogP contribution in [-0.4, -0.2) is 15.9 Å². The average Bonchev–Trinajstić information content (AvgIpc) is 2.91. The van der Waals surface area contributed by atoms with Crippen molar-refractivity contribution in [3.05, 3.63) is 58.1 Å². The Bertz CT molecular complexity index is 760. The third-order valence-electron chi connectivity index (χ3n) is 3.51. The summed E-state index contributed by atoms with van der Waals surface area (Å²) in [4.78, 5) is 6.88. The molecule has 1 N–H and O–H groups in total. The van der Waals surface area contributed by atoms with E-state index >= 15 is 0 Å². The minimum absolute atomic E-state index is 0.172. The standard InChI is InChI=1S/C16H18FN3S/c1-11-10-20-15(12(2)19-16(20)21-11)9-18-7-6-13-4-3-5-14(17)8-13/h3-5,8,10,18H,6-7,9H2,1-2H3. The van der Waals surface area contributed by atoms with Crippen LogP contribution >= 0.6 is 11.3 Å². The van der Waals surface area contributed by atoms with Crippen LogP contribution in [-0.2, 0) is 13.0 Å². The molecule has 3 nitrogen and oxygen atoms in total. The van der Waals surface area contributed by atoms with Gasteiger partial charge in [0.1, 0.15) is 5.82 Å². The Morgan fingerprint density at radius 1 is 1.33 bits per heavy atom. The number of halogens is 1. The van der Waals surface area contributed by atoms with E-state index in [2.05, 4.69) is 27.8 Å². The second-order valence-electron chi connectivity index (χ2n) is 5.19. The van der Waals surface area contributed by atoms with Crippen LogP contribution in [0.15, 0.2) is 30.5 Å². The molecule has 21 heavy (non-hydrogen) atoms. The van der Waals surface area contributed by atoms with E-state index in [-0.39, 0.29) is 5.82 Å². The Kier molecular flexibility index (Phi) is 4.03. The Morgan fingerprint density at radius 2 is 2.19 bits per heavy atom. The molecule has 2 aromatic heterocycles. The van der Waals surface area contributed by atoms with Crippen LogP contribution in [0.4, 0.5) is 4.39 Å². The molecular formula is C16H18FN3S. The highest BCUT2D eigenvalue weighted by atomic mass is 32.1. The average molecular weight is 303 g/mol. The molecule has 0 aliphatic rings. The largest absolute Gasteiger partial charge is 0.311 e. The first kappa shape index (κ1) is 14.2. The third-order valence-corrected chi connectivity index (χ3v) is 4.41. The summed E-state index contributed by atoms with van der Waals surface area (Å²) in [6.45, 7) is 5.73. The van der Waals surface area contributed by atoms with Gasteiger partial charge in [0.25, 0.3) is 0 Å². The van der Waals surface area contributed by atoms with Crippen LogP contribution in [0.3, 0.4) is 0 Å². The van der Waals surface area contributed by atoms with Gasteiger partial charge in [0.2, 0.25) is 0 Å². The summed E-state index contributed by atoms with van der Waals surface area (Å²) in [5.41, 5.74) is 3.29. The van der Waals surface area contributed by atoms with Gasteiger partial charge in [0, 0.05) is 17.6 Å². The second kappa shape index (κ2) is 5.95. The van der Waals surface area contributed by atoms with Gasteiger partial charge in [-0.3, -0.25) is 4.40 Å². The molecule has 0 fully saturated rings. The summed E-state index contributed by atoms with van der Waals surface area (Å²) in [6, 6.07) is 6.77. The van der Waals surface area contributed by atoms with E-state index in [1.807, 2.05) is 13.0 Å². The predicted octanol–water partition coefficient (Wildman–Crippen LogP) is 3.48. The Labute approximate surface area is 127 Å². The summed E-state index contributed by atoms with van der Waals surface area (Å²) >= 11 is 1.71. The molecule has 3 aromatic rings. The monoisotopic (exact) mass is 303 g/mol. The molecule has 5 heteroatoms. The molecule has 3 rings (SSSR count). The Morgan fingerprint density at radius 3 is 3.00 bits per heavy atom. The number of thiazole rings is 1. The quantitative estimate of drug-likeness (QED) is 0.731. The fourth-order valence-corrected chi connectivity index (χ4v) is 3.34. The summed E-state index contributed by atoms with van der Waals surface area (Å²) in [6.07, 6.45) is 2.95. The highest BCUT2D eigenvalue weighted by Crippen LogP contribution is 2.20. The van der Waals surface area contributed by atoms with Crippen LogP contribution < -0.4 is 5.32 Å². The fraction of sp³-hybridized carbons (Fsp3) is 0.312. The normalized spacial score (nSPS) is 11.4. The first-order valence-corrected chi connectivity index (χ1v) is 7.84. The molecule has 1 aromatic carbocycles. The van der Waals surface area contributed by atoms with Crippen LogP contribution in [0, 0.1) is 19.7 Å². The Hall–Kier alpha value is -1.72. The molecule has 110 valence electrons. The summed E-state index contributed by atoms with van der Waals surface area (Å²) in [5.74, 6) is -0.172. The first-order chi connectivity index (χ1) is 10.1. The summed E-state index contributed by atoms with van der Waals surface area (Å²) < 4.78 is 15.3. The minimum atomic E-state index is -0.172. The van der Waals surface area contributed by atoms with E-state index in [0.29, 0.717) is 0 Å². The van der Waals surface area contributed by atoms with Gasteiger partial charge in [0.05, 0.1) is 11.4 Å². The molecule has 0 bridgehead atoms. The zero-order valence-electron chi connectivity index (χ0n) is 12.2. The van der Waals surface area contributed by atoms with Crippen molar-refractivity contribution >= 4 is 16.3 Å². The highest BCUT2D eigenvalue weighted by molar-refractivity contribution is 7.17. The van der Waals surface area contributed by atoms with E-state index in [0.717, 1.165) is 35.7 Å². The van der Waals surface area contributed by atoms with Gasteiger partial charge in [0.15, 0.2) is 4.96 Å². The van der Waals surface area contributed by atoms with Crippen LogP contribution in [0.1, 0.15) is 21.8 Å². The third kappa shape index (κ3) is 3.14. The van der Waals surface area contributed by atoms with E-state index in [9.17, 15) is 4.39 Å². The van der Waals surface area contributed by atoms with Crippen molar-refractivity contribution in [2.75, 3.05) is 6.54 Å². The SMILES string of the molecule is Cc1cn2c(CNCCc3cccc(F)c3)c(C)nc2s1. The number of hydrogen-bond donors (Lipinski definition) is 1. The van der Waals surface area contributed by atoms with Gasteiger partial charge in [-0.25, -0.2) is 9.37 Å². The van der Waals surface area contributed by atoms with E-state index in [1.54, 1.807) is 23.5 Å². The molecule has 0 unspecified atom stereocenters. The molecule has 0 atom stereocenters. The zero-order chi connectivity index (χ0) is 14.8. The fourth-order valence-electron chi connectivity index (χ4n) is 2.45. The number of imidazole rings is 1. The van der Waals surface area contributed by atoms with Crippen LogP contribution in [0.5, 0.6) is 0 Å². The van der Waals surface area contributed by atoms with Crippen molar-refractivity contribution in [1.82, 2.24) is 14.7 Å². The minimum Gasteiger partial charge on any atom is -0.311 e. The lowest BCUT2D eigenvalue weighted by Gasteiger charge is -2.05. The molecule has 0 aliphatic heterocycles. The maximum atomic E-state index is 13.1. The smallest absolute Gasteiger partial charge is 0.194 e. The van der Waals surface area contributed by atoms with Crippen molar-refractivity contribution < 1.29 is 4.39 Å². The Balaban J connectivity index is 1.60. The van der Waals surface area contributed by atoms with Crippen molar-refractivity contribution in [3.8, 4) is 0 Å². The van der Waals surface area contributed by atoms with Crippen molar-refractivity contribution in [3.63, 3.8) is 0 Å². The van der Waals surface area contributed by atoms with Gasteiger partial charge < -0.3 is 5.32 Å². The summed E-state index contributed by atoms with van der Waals surface area (Å²) in [7, 11) is 0. The molecule has 0 amide bonds. The summed E-state index contributed by atoms with van der Waals surface area (Å²) in [5, 5.41) is 3.42. The lowest BCUT2D eigenvalue weighted by molar-refractivity contribution is 0.621. The molecule has 0 radical (unpaired) electrons. The van der Waals surface area contributed by atoms with Gasteiger partial charge in [-0.05, 0) is 44.5 Å². The number of hydrogen-bond acceptors (Lipinski definition) is 3.